The Bertz CT molecular complexity index is 368. The van der Waals surface area contributed by atoms with Crippen LogP contribution < -0.4 is 5.32 Å². The number of aliphatic hydroxyl groups excluding tert-OH is 1. The molecule has 0 aromatic heterocycles. The van der Waals surface area contributed by atoms with Crippen LogP contribution in [-0.4, -0.2) is 17.6 Å². The molecule has 0 saturated carbocycles. The first-order valence-corrected chi connectivity index (χ1v) is 5.79. The van der Waals surface area contributed by atoms with Crippen LogP contribution in [0.5, 0.6) is 0 Å². The van der Waals surface area contributed by atoms with Crippen LogP contribution in [0.3, 0.4) is 0 Å². The molecule has 0 radical (unpaired) electrons. The number of amides is 1. The van der Waals surface area contributed by atoms with Crippen molar-refractivity contribution in [3.8, 4) is 0 Å². The summed E-state index contributed by atoms with van der Waals surface area (Å²) in [4.78, 5) is 11.5. The molecule has 0 unspecified atom stereocenters. The fraction of sp³-hybridized carbons (Fsp3) is 0.462. The largest absolute Gasteiger partial charge is 0.396 e. The number of benzene rings is 1. The van der Waals surface area contributed by atoms with E-state index in [1.807, 2.05) is 6.92 Å². The number of halogens is 1. The van der Waals surface area contributed by atoms with E-state index >= 15 is 0 Å². The summed E-state index contributed by atoms with van der Waals surface area (Å²) in [6.07, 6.45) is 1.68. The molecule has 94 valence electrons. The second-order valence-electron chi connectivity index (χ2n) is 4.02. The van der Waals surface area contributed by atoms with Gasteiger partial charge in [0.25, 0.3) is 0 Å². The lowest BCUT2D eigenvalue weighted by atomic mass is 10.1. The minimum atomic E-state index is -0.302. The third-order valence-electron chi connectivity index (χ3n) is 2.54. The monoisotopic (exact) mass is 239 g/mol. The Balaban J connectivity index is 2.43. The van der Waals surface area contributed by atoms with Crippen molar-refractivity contribution in [2.24, 2.45) is 0 Å². The van der Waals surface area contributed by atoms with Gasteiger partial charge in [0.2, 0.25) is 5.91 Å². The minimum absolute atomic E-state index is 0.0739. The van der Waals surface area contributed by atoms with Gasteiger partial charge in [-0.05, 0) is 37.5 Å². The Morgan fingerprint density at radius 2 is 2.24 bits per heavy atom. The van der Waals surface area contributed by atoms with Gasteiger partial charge >= 0.3 is 0 Å². The Labute approximate surface area is 101 Å². The predicted molar refractivity (Wildman–Crippen MR) is 63.9 cm³/mol. The van der Waals surface area contributed by atoms with E-state index in [1.165, 1.54) is 12.1 Å². The molecule has 0 aliphatic heterocycles. The van der Waals surface area contributed by atoms with Gasteiger partial charge in [0.1, 0.15) is 5.82 Å². The van der Waals surface area contributed by atoms with Gasteiger partial charge < -0.3 is 10.4 Å². The first-order valence-electron chi connectivity index (χ1n) is 5.79. The zero-order valence-electron chi connectivity index (χ0n) is 9.95. The number of aliphatic hydroxyl groups is 1. The lowest BCUT2D eigenvalue weighted by Gasteiger charge is -2.14. The summed E-state index contributed by atoms with van der Waals surface area (Å²) < 4.78 is 13.0. The van der Waals surface area contributed by atoms with E-state index in [0.717, 1.165) is 5.56 Å². The summed E-state index contributed by atoms with van der Waals surface area (Å²) in [5.74, 6) is -0.376. The fourth-order valence-corrected chi connectivity index (χ4v) is 1.57. The molecule has 3 nitrogen and oxygen atoms in total. The second kappa shape index (κ2) is 7.01. The molecule has 0 heterocycles. The van der Waals surface area contributed by atoms with Crippen molar-refractivity contribution in [2.45, 2.75) is 32.2 Å². The smallest absolute Gasteiger partial charge is 0.220 e. The minimum Gasteiger partial charge on any atom is -0.396 e. The standard InChI is InChI=1S/C13H18FNO2/c1-10(11-5-4-6-12(14)9-11)15-13(17)7-2-3-8-16/h4-6,9-10,16H,2-3,7-8H2,1H3,(H,15,17)/t10-/m1/s1. The van der Waals surface area contributed by atoms with Crippen LogP contribution in [0.2, 0.25) is 0 Å². The summed E-state index contributed by atoms with van der Waals surface area (Å²) in [6, 6.07) is 5.99. The molecule has 2 N–H and O–H groups in total. The maximum Gasteiger partial charge on any atom is 0.220 e. The second-order valence-corrected chi connectivity index (χ2v) is 4.02. The highest BCUT2D eigenvalue weighted by Gasteiger charge is 2.09. The van der Waals surface area contributed by atoms with Gasteiger partial charge in [0.05, 0.1) is 6.04 Å². The Kier molecular flexibility index (Phi) is 5.63. The number of nitrogens with one attached hydrogen (secondary N) is 1. The molecule has 0 aliphatic carbocycles. The Morgan fingerprint density at radius 3 is 2.88 bits per heavy atom. The molecule has 1 aromatic carbocycles. The molecule has 0 fully saturated rings. The zero-order valence-corrected chi connectivity index (χ0v) is 9.95. The number of carbonyl (C=O) groups excluding carboxylic acids is 1. The van der Waals surface area contributed by atoms with Gasteiger partial charge in [-0.15, -0.1) is 0 Å². The molecular weight excluding hydrogens is 221 g/mol. The normalized spacial score (nSPS) is 12.2. The van der Waals surface area contributed by atoms with Crippen LogP contribution >= 0.6 is 0 Å². The van der Waals surface area contributed by atoms with Crippen molar-refractivity contribution in [2.75, 3.05) is 6.61 Å². The molecule has 1 amide bonds. The molecule has 1 aromatic rings. The van der Waals surface area contributed by atoms with Crippen molar-refractivity contribution in [1.29, 1.82) is 0 Å². The molecule has 17 heavy (non-hydrogen) atoms. The van der Waals surface area contributed by atoms with Gasteiger partial charge in [-0.2, -0.15) is 0 Å². The first-order chi connectivity index (χ1) is 8.13. The van der Waals surface area contributed by atoms with E-state index < -0.39 is 0 Å². The third kappa shape index (κ3) is 4.95. The maximum absolute atomic E-state index is 13.0. The number of unbranched alkanes of at least 4 members (excludes halogenated alkanes) is 1. The predicted octanol–water partition coefficient (Wildman–Crippen LogP) is 2.17. The highest BCUT2D eigenvalue weighted by molar-refractivity contribution is 5.76. The van der Waals surface area contributed by atoms with E-state index in [1.54, 1.807) is 12.1 Å². The molecule has 1 rings (SSSR count). The van der Waals surface area contributed by atoms with Crippen LogP contribution in [0.15, 0.2) is 24.3 Å². The van der Waals surface area contributed by atoms with E-state index in [4.69, 9.17) is 5.11 Å². The van der Waals surface area contributed by atoms with E-state index in [2.05, 4.69) is 5.32 Å². The van der Waals surface area contributed by atoms with Crippen molar-refractivity contribution in [3.63, 3.8) is 0 Å². The van der Waals surface area contributed by atoms with E-state index in [9.17, 15) is 9.18 Å². The fourth-order valence-electron chi connectivity index (χ4n) is 1.57. The summed E-state index contributed by atoms with van der Waals surface area (Å²) in [6.45, 7) is 1.92. The summed E-state index contributed by atoms with van der Waals surface area (Å²) in [7, 11) is 0. The highest BCUT2D eigenvalue weighted by atomic mass is 19.1. The van der Waals surface area contributed by atoms with Crippen LogP contribution in [0.1, 0.15) is 37.8 Å². The topological polar surface area (TPSA) is 49.3 Å². The zero-order chi connectivity index (χ0) is 12.7. The molecule has 1 atom stereocenters. The number of rotatable bonds is 6. The van der Waals surface area contributed by atoms with Gasteiger partial charge in [0.15, 0.2) is 0 Å². The van der Waals surface area contributed by atoms with Gasteiger partial charge in [-0.1, -0.05) is 12.1 Å². The van der Waals surface area contributed by atoms with Crippen LogP contribution in [0.4, 0.5) is 4.39 Å². The molecule has 0 spiro atoms. The SMILES string of the molecule is C[C@@H](NC(=O)CCCCO)c1cccc(F)c1. The Hall–Kier alpha value is -1.42. The maximum atomic E-state index is 13.0. The molecule has 0 saturated heterocycles. The van der Waals surface area contributed by atoms with Crippen molar-refractivity contribution < 1.29 is 14.3 Å². The number of carbonyl (C=O) groups is 1. The number of hydrogen-bond acceptors (Lipinski definition) is 2. The molecule has 4 heteroatoms. The highest BCUT2D eigenvalue weighted by Crippen LogP contribution is 2.13. The van der Waals surface area contributed by atoms with Crippen molar-refractivity contribution in [3.05, 3.63) is 35.6 Å². The van der Waals surface area contributed by atoms with Gasteiger partial charge in [-0.3, -0.25) is 4.79 Å². The van der Waals surface area contributed by atoms with Crippen LogP contribution in [0, 0.1) is 5.82 Å². The average Bonchev–Trinajstić information content (AvgIpc) is 2.29. The van der Waals surface area contributed by atoms with Crippen molar-refractivity contribution in [1.82, 2.24) is 5.32 Å². The molecule has 0 bridgehead atoms. The molecule has 0 aliphatic rings. The quantitative estimate of drug-likeness (QED) is 0.747. The summed E-state index contributed by atoms with van der Waals surface area (Å²) in [5, 5.41) is 11.4. The number of hydrogen-bond donors (Lipinski definition) is 2. The van der Waals surface area contributed by atoms with Gasteiger partial charge in [0, 0.05) is 13.0 Å². The third-order valence-corrected chi connectivity index (χ3v) is 2.54. The lowest BCUT2D eigenvalue weighted by Crippen LogP contribution is -2.26. The molecular formula is C13H18FNO2. The van der Waals surface area contributed by atoms with Gasteiger partial charge in [-0.25, -0.2) is 4.39 Å². The Morgan fingerprint density at radius 1 is 1.47 bits per heavy atom. The first kappa shape index (κ1) is 13.6. The summed E-state index contributed by atoms with van der Waals surface area (Å²) in [5.41, 5.74) is 0.750. The lowest BCUT2D eigenvalue weighted by molar-refractivity contribution is -0.121. The van der Waals surface area contributed by atoms with Crippen molar-refractivity contribution >= 4 is 5.91 Å². The summed E-state index contributed by atoms with van der Waals surface area (Å²) >= 11 is 0. The van der Waals surface area contributed by atoms with E-state index in [-0.39, 0.29) is 24.4 Å². The van der Waals surface area contributed by atoms with E-state index in [0.29, 0.717) is 19.3 Å². The van der Waals surface area contributed by atoms with Crippen LogP contribution in [-0.2, 0) is 4.79 Å². The average molecular weight is 239 g/mol. The van der Waals surface area contributed by atoms with Crippen LogP contribution in [0.25, 0.3) is 0 Å².